The zero-order chi connectivity index (χ0) is 30.4. The zero-order valence-electron chi connectivity index (χ0n) is 24.3. The Hall–Kier alpha value is -3.30. The highest BCUT2D eigenvalue weighted by atomic mass is 32.2. The molecule has 0 atom stereocenters. The van der Waals surface area contributed by atoms with Gasteiger partial charge in [0.1, 0.15) is 11.6 Å². The van der Waals surface area contributed by atoms with Gasteiger partial charge in [-0.25, -0.2) is 9.78 Å². The van der Waals surface area contributed by atoms with Gasteiger partial charge in [0, 0.05) is 40.8 Å². The number of piperidine rings is 1. The molecule has 1 saturated heterocycles. The first-order chi connectivity index (χ1) is 20.5. The van der Waals surface area contributed by atoms with Crippen molar-refractivity contribution in [3.8, 4) is 21.7 Å². The predicted molar refractivity (Wildman–Crippen MR) is 167 cm³/mol. The van der Waals surface area contributed by atoms with Gasteiger partial charge in [-0.05, 0) is 76.0 Å². The third kappa shape index (κ3) is 6.48. The molecule has 1 aliphatic carbocycles. The molecule has 1 fully saturated rings. The van der Waals surface area contributed by atoms with Crippen LogP contribution in [0.25, 0.3) is 21.7 Å². The van der Waals surface area contributed by atoms with E-state index < -0.39 is 5.51 Å². The second-order valence-corrected chi connectivity index (χ2v) is 14.2. The highest BCUT2D eigenvalue weighted by molar-refractivity contribution is 8.00. The SMILES string of the molecule is CC(C)(C)c1cc(SC(F)(F)F)cc(-c2nc(C3CCN(C(=O)OCC4c5ccccc5-c5ccccc54)CC3)cs2)c1. The lowest BCUT2D eigenvalue weighted by Gasteiger charge is -2.31. The molecule has 3 aromatic carbocycles. The van der Waals surface area contributed by atoms with Crippen LogP contribution in [0.2, 0.25) is 0 Å². The van der Waals surface area contributed by atoms with E-state index in [9.17, 15) is 18.0 Å². The quantitative estimate of drug-likeness (QED) is 0.208. The van der Waals surface area contributed by atoms with Crippen LogP contribution in [0.4, 0.5) is 18.0 Å². The molecule has 224 valence electrons. The summed E-state index contributed by atoms with van der Waals surface area (Å²) in [6, 6.07) is 21.7. The van der Waals surface area contributed by atoms with Crippen LogP contribution in [0.15, 0.2) is 77.0 Å². The first kappa shape index (κ1) is 29.8. The topological polar surface area (TPSA) is 42.4 Å². The van der Waals surface area contributed by atoms with E-state index in [2.05, 4.69) is 24.3 Å². The van der Waals surface area contributed by atoms with Crippen molar-refractivity contribution in [2.45, 2.75) is 61.3 Å². The normalized spacial score (nSPS) is 15.8. The number of nitrogens with zero attached hydrogens (tertiary/aromatic N) is 2. The fourth-order valence-corrected chi connectivity index (χ4v) is 7.53. The standard InChI is InChI=1S/C34H33F3N2O2S2/c1-33(2,3)23-16-22(17-24(18-23)43-34(35,36)37)31-38-30(20-42-31)21-12-14-39(15-13-21)32(40)41-19-29-27-10-6-4-8-25(27)26-9-5-7-11-28(26)29/h4-11,16-18,20-21,29H,12-15,19H2,1-3H3. The number of carbonyl (C=O) groups is 1. The van der Waals surface area contributed by atoms with Crippen molar-refractivity contribution >= 4 is 29.2 Å². The summed E-state index contributed by atoms with van der Waals surface area (Å²) in [6.45, 7) is 7.41. The molecular formula is C34H33F3N2O2S2. The molecule has 2 aliphatic rings. The number of hydrogen-bond acceptors (Lipinski definition) is 5. The number of hydrogen-bond donors (Lipinski definition) is 0. The zero-order valence-corrected chi connectivity index (χ0v) is 25.9. The van der Waals surface area contributed by atoms with Gasteiger partial charge < -0.3 is 9.64 Å². The minimum atomic E-state index is -4.36. The summed E-state index contributed by atoms with van der Waals surface area (Å²) in [6.07, 6.45) is 1.21. The van der Waals surface area contributed by atoms with E-state index >= 15 is 0 Å². The molecule has 0 radical (unpaired) electrons. The molecule has 0 N–H and O–H groups in total. The number of amides is 1. The van der Waals surface area contributed by atoms with Crippen molar-refractivity contribution < 1.29 is 22.7 Å². The van der Waals surface area contributed by atoms with Gasteiger partial charge in [0.2, 0.25) is 0 Å². The van der Waals surface area contributed by atoms with Crippen LogP contribution in [-0.4, -0.2) is 41.2 Å². The Kier molecular flexibility index (Phi) is 8.07. The molecule has 0 saturated carbocycles. The Bertz CT molecular complexity index is 1590. The number of halogens is 3. The van der Waals surface area contributed by atoms with Crippen LogP contribution < -0.4 is 0 Å². The average molecular weight is 623 g/mol. The van der Waals surface area contributed by atoms with Gasteiger partial charge in [-0.3, -0.25) is 0 Å². The first-order valence-corrected chi connectivity index (χ1v) is 16.1. The summed E-state index contributed by atoms with van der Waals surface area (Å²) in [4.78, 5) is 19.9. The number of alkyl halides is 3. The lowest BCUT2D eigenvalue weighted by atomic mass is 9.86. The van der Waals surface area contributed by atoms with Crippen LogP contribution in [0.5, 0.6) is 0 Å². The Morgan fingerprint density at radius 3 is 2.21 bits per heavy atom. The average Bonchev–Trinajstić information content (AvgIpc) is 3.58. The number of rotatable bonds is 5. The monoisotopic (exact) mass is 622 g/mol. The number of aromatic nitrogens is 1. The second kappa shape index (κ2) is 11.7. The number of ether oxygens (including phenoxy) is 1. The molecule has 1 amide bonds. The van der Waals surface area contributed by atoms with Crippen LogP contribution in [0, 0.1) is 0 Å². The maximum absolute atomic E-state index is 13.2. The van der Waals surface area contributed by atoms with Crippen molar-refractivity contribution in [1.82, 2.24) is 9.88 Å². The van der Waals surface area contributed by atoms with E-state index in [4.69, 9.17) is 9.72 Å². The summed E-state index contributed by atoms with van der Waals surface area (Å²) in [5.74, 6) is 0.201. The lowest BCUT2D eigenvalue weighted by molar-refractivity contribution is -0.0328. The molecule has 1 aromatic heterocycles. The van der Waals surface area contributed by atoms with E-state index in [1.807, 2.05) is 56.5 Å². The highest BCUT2D eigenvalue weighted by Gasteiger charge is 2.32. The van der Waals surface area contributed by atoms with Crippen molar-refractivity contribution in [3.63, 3.8) is 0 Å². The molecule has 0 spiro atoms. The molecule has 1 aliphatic heterocycles. The summed E-state index contributed by atoms with van der Waals surface area (Å²) < 4.78 is 45.5. The minimum absolute atomic E-state index is 0.0224. The minimum Gasteiger partial charge on any atom is -0.448 e. The maximum Gasteiger partial charge on any atom is 0.446 e. The van der Waals surface area contributed by atoms with Gasteiger partial charge in [0.05, 0.1) is 5.69 Å². The van der Waals surface area contributed by atoms with Gasteiger partial charge in [-0.1, -0.05) is 69.3 Å². The first-order valence-electron chi connectivity index (χ1n) is 14.4. The molecule has 43 heavy (non-hydrogen) atoms. The third-order valence-corrected chi connectivity index (χ3v) is 9.89. The van der Waals surface area contributed by atoms with Gasteiger partial charge in [-0.2, -0.15) is 13.2 Å². The molecule has 0 bridgehead atoms. The molecule has 2 heterocycles. The number of thioether (sulfide) groups is 1. The van der Waals surface area contributed by atoms with E-state index in [1.54, 1.807) is 17.0 Å². The Morgan fingerprint density at radius 1 is 0.977 bits per heavy atom. The fourth-order valence-electron chi connectivity index (χ4n) is 6.00. The van der Waals surface area contributed by atoms with Crippen LogP contribution in [-0.2, 0) is 10.2 Å². The van der Waals surface area contributed by atoms with Gasteiger partial charge in [-0.15, -0.1) is 11.3 Å². The number of carbonyl (C=O) groups excluding carboxylic acids is 1. The van der Waals surface area contributed by atoms with E-state index in [0.29, 0.717) is 30.3 Å². The number of likely N-dealkylation sites (tertiary alicyclic amines) is 1. The summed E-state index contributed by atoms with van der Waals surface area (Å²) in [5.41, 5.74) is 2.57. The molecule has 4 aromatic rings. The van der Waals surface area contributed by atoms with Crippen molar-refractivity contribution in [2.75, 3.05) is 19.7 Å². The number of benzene rings is 3. The largest absolute Gasteiger partial charge is 0.448 e. The van der Waals surface area contributed by atoms with Gasteiger partial charge in [0.15, 0.2) is 0 Å². The van der Waals surface area contributed by atoms with Crippen molar-refractivity contribution in [2.24, 2.45) is 0 Å². The molecule has 9 heteroatoms. The highest BCUT2D eigenvalue weighted by Crippen LogP contribution is 2.45. The Morgan fingerprint density at radius 2 is 1.60 bits per heavy atom. The number of fused-ring (bicyclic) bond motifs is 3. The molecule has 6 rings (SSSR count). The van der Waals surface area contributed by atoms with Crippen molar-refractivity contribution in [3.05, 3.63) is 94.5 Å². The van der Waals surface area contributed by atoms with Crippen molar-refractivity contribution in [1.29, 1.82) is 0 Å². The summed E-state index contributed by atoms with van der Waals surface area (Å²) >= 11 is 1.36. The Balaban J connectivity index is 1.09. The lowest BCUT2D eigenvalue weighted by Crippen LogP contribution is -2.38. The van der Waals surface area contributed by atoms with Crippen LogP contribution in [0.1, 0.15) is 67.8 Å². The predicted octanol–water partition coefficient (Wildman–Crippen LogP) is 9.85. The van der Waals surface area contributed by atoms with Gasteiger partial charge >= 0.3 is 11.6 Å². The van der Waals surface area contributed by atoms with Crippen LogP contribution in [0.3, 0.4) is 0 Å². The van der Waals surface area contributed by atoms with E-state index in [-0.39, 0.29) is 40.0 Å². The molecule has 4 nitrogen and oxygen atoms in total. The van der Waals surface area contributed by atoms with Gasteiger partial charge in [0.25, 0.3) is 0 Å². The Labute approximate surface area is 258 Å². The summed E-state index contributed by atoms with van der Waals surface area (Å²) in [7, 11) is 0. The smallest absolute Gasteiger partial charge is 0.446 e. The molecule has 0 unspecified atom stereocenters. The maximum atomic E-state index is 13.2. The third-order valence-electron chi connectivity index (χ3n) is 8.28. The van der Waals surface area contributed by atoms with E-state index in [0.717, 1.165) is 24.1 Å². The van der Waals surface area contributed by atoms with E-state index in [1.165, 1.54) is 33.6 Å². The molecular weight excluding hydrogens is 590 g/mol. The fraction of sp³-hybridized carbons (Fsp3) is 0.353. The summed E-state index contributed by atoms with van der Waals surface area (Å²) in [5, 5.41) is 2.72. The van der Waals surface area contributed by atoms with Crippen LogP contribution >= 0.6 is 23.1 Å². The second-order valence-electron chi connectivity index (χ2n) is 12.2. The number of thiazole rings is 1.